The van der Waals surface area contributed by atoms with Gasteiger partial charge in [-0.2, -0.15) is 4.99 Å². The molecule has 5 rings (SSSR count). The second-order valence-electron chi connectivity index (χ2n) is 8.78. The lowest BCUT2D eigenvalue weighted by Gasteiger charge is -2.16. The van der Waals surface area contributed by atoms with Crippen molar-refractivity contribution in [1.29, 1.82) is 0 Å². The number of ether oxygens (including phenoxy) is 2. The molecule has 0 saturated heterocycles. The van der Waals surface area contributed by atoms with E-state index in [0.717, 1.165) is 5.56 Å². The van der Waals surface area contributed by atoms with Crippen LogP contribution >= 0.6 is 0 Å². The smallest absolute Gasteiger partial charge is 0.341 e. The van der Waals surface area contributed by atoms with Crippen molar-refractivity contribution in [3.63, 3.8) is 0 Å². The van der Waals surface area contributed by atoms with Crippen molar-refractivity contribution in [3.05, 3.63) is 118 Å². The third-order valence-electron chi connectivity index (χ3n) is 6.09. The van der Waals surface area contributed by atoms with Crippen molar-refractivity contribution >= 4 is 28.6 Å². The number of rotatable bonds is 7. The highest BCUT2D eigenvalue weighted by Crippen LogP contribution is 2.15. The lowest BCUT2D eigenvalue weighted by Crippen LogP contribution is -2.34. The van der Waals surface area contributed by atoms with Crippen molar-refractivity contribution in [2.75, 3.05) is 6.61 Å². The maximum Gasteiger partial charge on any atom is 0.341 e. The number of nitrogens with zero attached hydrogens (tertiary/aromatic N) is 4. The average Bonchev–Trinajstić information content (AvgIpc) is 2.95. The predicted octanol–water partition coefficient (Wildman–Crippen LogP) is 3.77. The van der Waals surface area contributed by atoms with E-state index in [1.807, 2.05) is 36.4 Å². The van der Waals surface area contributed by atoms with Crippen LogP contribution in [0.5, 0.6) is 5.75 Å². The number of para-hydroxylation sites is 1. The first kappa shape index (κ1) is 25.6. The van der Waals surface area contributed by atoms with Gasteiger partial charge in [0.25, 0.3) is 11.5 Å². The summed E-state index contributed by atoms with van der Waals surface area (Å²) in [5.41, 5.74) is 1.21. The molecule has 0 fully saturated rings. The zero-order chi connectivity index (χ0) is 27.4. The van der Waals surface area contributed by atoms with Crippen LogP contribution in [0.4, 0.5) is 0 Å². The zero-order valence-electron chi connectivity index (χ0n) is 21.5. The van der Waals surface area contributed by atoms with E-state index in [-0.39, 0.29) is 40.8 Å². The second-order valence-corrected chi connectivity index (χ2v) is 8.78. The SMILES string of the molecule is CCOC(=O)c1cc2c(=O)n3ccccc3nc2n(Cc2ccccc2)c1=NC(=O)C(C)Oc1ccccc1. The molecule has 0 N–H and O–H groups in total. The van der Waals surface area contributed by atoms with Crippen LogP contribution in [-0.2, 0) is 16.1 Å². The standard InChI is InChI=1S/C30H26N4O5/c1-3-38-30(37)24-18-23-26(31-25-16-10-11-17-33(25)29(23)36)34(19-21-12-6-4-7-13-21)27(24)32-28(35)20(2)39-22-14-8-5-9-15-22/h4-18,20H,3,19H2,1-2H3. The quantitative estimate of drug-likeness (QED) is 0.238. The van der Waals surface area contributed by atoms with Gasteiger partial charge in [0.15, 0.2) is 11.6 Å². The highest BCUT2D eigenvalue weighted by Gasteiger charge is 2.22. The van der Waals surface area contributed by atoms with E-state index in [0.29, 0.717) is 11.4 Å². The molecule has 0 aliphatic heterocycles. The minimum absolute atomic E-state index is 0.0182. The topological polar surface area (TPSA) is 104 Å². The Balaban J connectivity index is 1.79. The van der Waals surface area contributed by atoms with Gasteiger partial charge in [-0.1, -0.05) is 54.6 Å². The Morgan fingerprint density at radius 2 is 1.67 bits per heavy atom. The molecule has 0 radical (unpaired) electrons. The van der Waals surface area contributed by atoms with Crippen LogP contribution in [0.15, 0.2) is 101 Å². The van der Waals surface area contributed by atoms with Crippen molar-refractivity contribution in [2.45, 2.75) is 26.5 Å². The number of hydrogen-bond acceptors (Lipinski definition) is 6. The van der Waals surface area contributed by atoms with Crippen LogP contribution in [0, 0.1) is 0 Å². The Morgan fingerprint density at radius 1 is 0.974 bits per heavy atom. The first-order valence-corrected chi connectivity index (χ1v) is 12.5. The summed E-state index contributed by atoms with van der Waals surface area (Å²) in [7, 11) is 0. The average molecular weight is 523 g/mol. The van der Waals surface area contributed by atoms with Crippen LogP contribution in [0.3, 0.4) is 0 Å². The number of pyridine rings is 2. The van der Waals surface area contributed by atoms with Crippen LogP contribution in [0.1, 0.15) is 29.8 Å². The molecule has 1 atom stereocenters. The maximum absolute atomic E-state index is 13.5. The van der Waals surface area contributed by atoms with Crippen molar-refractivity contribution in [2.24, 2.45) is 4.99 Å². The number of amides is 1. The molecule has 2 aromatic carbocycles. The zero-order valence-corrected chi connectivity index (χ0v) is 21.5. The van der Waals surface area contributed by atoms with E-state index in [1.165, 1.54) is 10.5 Å². The van der Waals surface area contributed by atoms with E-state index < -0.39 is 18.0 Å². The number of esters is 1. The number of carbonyl (C=O) groups excluding carboxylic acids is 2. The molecule has 0 spiro atoms. The lowest BCUT2D eigenvalue weighted by molar-refractivity contribution is -0.124. The van der Waals surface area contributed by atoms with Gasteiger partial charge in [-0.05, 0) is 49.7 Å². The van der Waals surface area contributed by atoms with Crippen molar-refractivity contribution in [3.8, 4) is 5.75 Å². The molecule has 5 aromatic rings. The van der Waals surface area contributed by atoms with E-state index in [4.69, 9.17) is 14.5 Å². The Kier molecular flexibility index (Phi) is 7.31. The predicted molar refractivity (Wildman–Crippen MR) is 146 cm³/mol. The largest absolute Gasteiger partial charge is 0.481 e. The van der Waals surface area contributed by atoms with Gasteiger partial charge in [0, 0.05) is 6.20 Å². The molecule has 0 aliphatic carbocycles. The number of benzene rings is 2. The first-order valence-electron chi connectivity index (χ1n) is 12.5. The lowest BCUT2D eigenvalue weighted by atomic mass is 10.1. The van der Waals surface area contributed by atoms with Crippen LogP contribution in [0.25, 0.3) is 16.7 Å². The molecule has 3 heterocycles. The van der Waals surface area contributed by atoms with Gasteiger partial charge in [-0.25, -0.2) is 9.78 Å². The van der Waals surface area contributed by atoms with E-state index in [1.54, 1.807) is 67.1 Å². The molecular formula is C30H26N4O5. The first-order chi connectivity index (χ1) is 19.0. The number of aromatic nitrogens is 3. The van der Waals surface area contributed by atoms with Crippen LogP contribution in [0.2, 0.25) is 0 Å². The molecule has 196 valence electrons. The van der Waals surface area contributed by atoms with Gasteiger partial charge in [0.1, 0.15) is 22.6 Å². The van der Waals surface area contributed by atoms with Gasteiger partial charge in [0.05, 0.1) is 18.5 Å². The van der Waals surface area contributed by atoms with Gasteiger partial charge < -0.3 is 14.0 Å². The summed E-state index contributed by atoms with van der Waals surface area (Å²) in [6, 6.07) is 25.0. The molecule has 0 saturated carbocycles. The summed E-state index contributed by atoms with van der Waals surface area (Å²) >= 11 is 0. The molecular weight excluding hydrogens is 496 g/mol. The number of hydrogen-bond donors (Lipinski definition) is 0. The number of fused-ring (bicyclic) bond motifs is 2. The third kappa shape index (κ3) is 5.33. The molecule has 3 aromatic heterocycles. The molecule has 1 unspecified atom stereocenters. The highest BCUT2D eigenvalue weighted by atomic mass is 16.5. The fourth-order valence-corrected chi connectivity index (χ4v) is 4.22. The third-order valence-corrected chi connectivity index (χ3v) is 6.09. The van der Waals surface area contributed by atoms with E-state index in [9.17, 15) is 14.4 Å². The van der Waals surface area contributed by atoms with Gasteiger partial charge in [0.2, 0.25) is 0 Å². The molecule has 39 heavy (non-hydrogen) atoms. The highest BCUT2D eigenvalue weighted by molar-refractivity contribution is 5.94. The molecule has 1 amide bonds. The summed E-state index contributed by atoms with van der Waals surface area (Å²) in [5, 5.41) is 0.192. The maximum atomic E-state index is 13.5. The van der Waals surface area contributed by atoms with Crippen molar-refractivity contribution in [1.82, 2.24) is 14.0 Å². The van der Waals surface area contributed by atoms with E-state index >= 15 is 0 Å². The summed E-state index contributed by atoms with van der Waals surface area (Å²) in [5.74, 6) is -0.805. The molecule has 9 nitrogen and oxygen atoms in total. The van der Waals surface area contributed by atoms with Crippen LogP contribution in [-0.4, -0.2) is 38.5 Å². The van der Waals surface area contributed by atoms with Gasteiger partial charge in [-0.15, -0.1) is 0 Å². The molecule has 0 aliphatic rings. The summed E-state index contributed by atoms with van der Waals surface area (Å²) in [6.07, 6.45) is 0.665. The Bertz CT molecular complexity index is 1790. The fraction of sp³-hybridized carbons (Fsp3) is 0.167. The number of carbonyl (C=O) groups is 2. The Labute approximate surface area is 223 Å². The Morgan fingerprint density at radius 3 is 2.38 bits per heavy atom. The summed E-state index contributed by atoms with van der Waals surface area (Å²) in [6.45, 7) is 3.56. The normalized spacial score (nSPS) is 12.4. The fourth-order valence-electron chi connectivity index (χ4n) is 4.22. The second kappa shape index (κ2) is 11.1. The van der Waals surface area contributed by atoms with Crippen molar-refractivity contribution < 1.29 is 19.1 Å². The Hall–Kier alpha value is -5.05. The van der Waals surface area contributed by atoms with Crippen LogP contribution < -0.4 is 15.8 Å². The molecule has 9 heteroatoms. The van der Waals surface area contributed by atoms with E-state index in [2.05, 4.69) is 4.99 Å². The molecule has 0 bridgehead atoms. The minimum Gasteiger partial charge on any atom is -0.481 e. The minimum atomic E-state index is -0.946. The van der Waals surface area contributed by atoms with Gasteiger partial charge in [-0.3, -0.25) is 14.0 Å². The summed E-state index contributed by atoms with van der Waals surface area (Å²) < 4.78 is 14.1. The monoisotopic (exact) mass is 522 g/mol. The van der Waals surface area contributed by atoms with Gasteiger partial charge >= 0.3 is 5.97 Å². The summed E-state index contributed by atoms with van der Waals surface area (Å²) in [4.78, 5) is 49.1.